The lowest BCUT2D eigenvalue weighted by atomic mass is 10.1. The monoisotopic (exact) mass is 1140 g/mol. The van der Waals surface area contributed by atoms with Crippen molar-refractivity contribution in [2.45, 2.75) is 303 Å². The number of unbranched alkanes of at least 4 members (excludes halogenated alkanes) is 29. The van der Waals surface area contributed by atoms with Crippen molar-refractivity contribution < 1.29 is 52.2 Å². The highest BCUT2D eigenvalue weighted by Crippen LogP contribution is 2.43. The van der Waals surface area contributed by atoms with Crippen LogP contribution in [0, 0.1) is 0 Å². The molecule has 0 aromatic carbocycles. The van der Waals surface area contributed by atoms with Crippen molar-refractivity contribution in [3.05, 3.63) is 85.1 Å². The maximum absolute atomic E-state index is 13.0. The SMILES string of the molecule is CC/C=C\C/C=C\C/C=C\C/C=C\C/C=C\CCCC(=O)OC(COC(=O)CCCCCCCCCCC/C=C\CCCCCCCC)COP(=O)(O)OCC(CO)OC(=O)CCCCCCCCC/C=C\CCCCCCCC. The minimum Gasteiger partial charge on any atom is -0.462 e. The van der Waals surface area contributed by atoms with E-state index in [2.05, 4.69) is 99.8 Å². The van der Waals surface area contributed by atoms with E-state index in [0.717, 1.165) is 77.0 Å². The number of esters is 3. The minimum absolute atomic E-state index is 0.0871. The second kappa shape index (κ2) is 61.7. The Hall–Kier alpha value is -3.34. The molecule has 0 aromatic rings. The van der Waals surface area contributed by atoms with Gasteiger partial charge in [0.1, 0.15) is 12.7 Å². The number of carbonyl (C=O) groups is 3. The normalized spacial score (nSPS) is 13.8. The van der Waals surface area contributed by atoms with Crippen LogP contribution >= 0.6 is 7.82 Å². The van der Waals surface area contributed by atoms with Crippen LogP contribution in [-0.4, -0.2) is 66.5 Å². The quantitative estimate of drug-likeness (QED) is 0.0197. The van der Waals surface area contributed by atoms with E-state index in [1.54, 1.807) is 0 Å². The zero-order chi connectivity index (χ0) is 58.3. The van der Waals surface area contributed by atoms with Crippen LogP contribution in [0.15, 0.2) is 85.1 Å². The highest BCUT2D eigenvalue weighted by molar-refractivity contribution is 7.47. The van der Waals surface area contributed by atoms with Crippen molar-refractivity contribution in [1.82, 2.24) is 0 Å². The standard InChI is InChI=1S/C68H119O11P/c1-4-7-10-13-16-19-22-25-28-31-32-35-36-39-42-45-48-51-54-57-66(70)75-61-65(79-68(72)59-56-53-50-47-44-41-38-34-30-27-24-21-18-15-12-9-6-3)63-77-80(73,74)76-62-64(60-69)78-67(71)58-55-52-49-46-43-40-37-33-29-26-23-20-17-14-11-8-5-2/h9,12,18,21,25-30,38,41,47,50,64-65,69H,4-8,10-11,13-17,19-20,22-24,31-37,39-40,42-46,48-49,51-63H2,1-3H3,(H,73,74)/b12-9-,21-18-,28-25-,29-26-,30-27-,41-38-,50-47-. The summed E-state index contributed by atoms with van der Waals surface area (Å²) in [4.78, 5) is 48.7. The Morgan fingerprint density at radius 2 is 0.662 bits per heavy atom. The number of ether oxygens (including phenoxy) is 3. The first-order valence-corrected chi connectivity index (χ1v) is 34.0. The largest absolute Gasteiger partial charge is 0.472 e. The molecule has 3 unspecified atom stereocenters. The van der Waals surface area contributed by atoms with Crippen molar-refractivity contribution in [2.75, 3.05) is 26.4 Å². The van der Waals surface area contributed by atoms with E-state index in [9.17, 15) is 28.9 Å². The molecule has 0 amide bonds. The summed E-state index contributed by atoms with van der Waals surface area (Å²) in [7, 11) is -4.77. The third kappa shape index (κ3) is 59.3. The van der Waals surface area contributed by atoms with Crippen molar-refractivity contribution >= 4 is 25.7 Å². The van der Waals surface area contributed by atoms with Gasteiger partial charge >= 0.3 is 25.7 Å². The van der Waals surface area contributed by atoms with Gasteiger partial charge in [0.05, 0.1) is 19.8 Å². The second-order valence-electron chi connectivity index (χ2n) is 21.5. The summed E-state index contributed by atoms with van der Waals surface area (Å²) in [5.74, 6) is -1.53. The van der Waals surface area contributed by atoms with E-state index < -0.39 is 57.8 Å². The number of aliphatic hydroxyl groups is 1. The van der Waals surface area contributed by atoms with Crippen LogP contribution in [0.1, 0.15) is 290 Å². The van der Waals surface area contributed by atoms with E-state index in [-0.39, 0.29) is 25.9 Å². The van der Waals surface area contributed by atoms with Gasteiger partial charge in [0.25, 0.3) is 0 Å². The molecule has 0 saturated carbocycles. The Morgan fingerprint density at radius 1 is 0.362 bits per heavy atom. The van der Waals surface area contributed by atoms with Gasteiger partial charge in [-0.05, 0) is 109 Å². The van der Waals surface area contributed by atoms with Gasteiger partial charge in [-0.25, -0.2) is 4.57 Å². The fourth-order valence-electron chi connectivity index (χ4n) is 8.85. The zero-order valence-electron chi connectivity index (χ0n) is 51.3. The summed E-state index contributed by atoms with van der Waals surface area (Å²) < 4.78 is 39.6. The lowest BCUT2D eigenvalue weighted by Gasteiger charge is -2.21. The van der Waals surface area contributed by atoms with E-state index in [4.69, 9.17) is 23.3 Å². The number of allylic oxidation sites excluding steroid dienone is 14. The fraction of sp³-hybridized carbons (Fsp3) is 0.750. The highest BCUT2D eigenvalue weighted by Gasteiger charge is 2.28. The molecule has 0 radical (unpaired) electrons. The molecule has 0 fully saturated rings. The van der Waals surface area contributed by atoms with Crippen molar-refractivity contribution in [2.24, 2.45) is 0 Å². The molecule has 0 spiro atoms. The number of aliphatic hydroxyl groups excluding tert-OH is 1. The van der Waals surface area contributed by atoms with Gasteiger partial charge in [-0.2, -0.15) is 0 Å². The summed E-state index contributed by atoms with van der Waals surface area (Å²) >= 11 is 0. The molecule has 3 atom stereocenters. The average molecular weight is 1140 g/mol. The molecular formula is C68H119O11P. The highest BCUT2D eigenvalue weighted by atomic mass is 31.2. The number of rotatable bonds is 60. The molecule has 0 saturated heterocycles. The van der Waals surface area contributed by atoms with Gasteiger partial charge in [-0.1, -0.05) is 247 Å². The first kappa shape index (κ1) is 76.7. The van der Waals surface area contributed by atoms with Crippen LogP contribution in [0.25, 0.3) is 0 Å². The van der Waals surface area contributed by atoms with Crippen LogP contribution in [0.2, 0.25) is 0 Å². The lowest BCUT2D eigenvalue weighted by molar-refractivity contribution is -0.161. The molecule has 0 heterocycles. The molecule has 2 N–H and O–H groups in total. The minimum atomic E-state index is -4.77. The molecule has 11 nitrogen and oxygen atoms in total. The average Bonchev–Trinajstić information content (AvgIpc) is 3.45. The van der Waals surface area contributed by atoms with Crippen LogP contribution in [0.3, 0.4) is 0 Å². The summed E-state index contributed by atoms with van der Waals surface area (Å²) in [5.41, 5.74) is 0. The number of hydrogen-bond acceptors (Lipinski definition) is 10. The van der Waals surface area contributed by atoms with Crippen molar-refractivity contribution in [3.63, 3.8) is 0 Å². The molecule has 80 heavy (non-hydrogen) atoms. The number of hydrogen-bond donors (Lipinski definition) is 2. The summed E-state index contributed by atoms with van der Waals surface area (Å²) in [6.45, 7) is 4.49. The molecule has 12 heteroatoms. The smallest absolute Gasteiger partial charge is 0.462 e. The van der Waals surface area contributed by atoms with Gasteiger partial charge in [0.15, 0.2) is 6.10 Å². The zero-order valence-corrected chi connectivity index (χ0v) is 52.2. The summed E-state index contributed by atoms with van der Waals surface area (Å²) in [6, 6.07) is 0. The van der Waals surface area contributed by atoms with E-state index in [1.165, 1.54) is 148 Å². The Bertz CT molecular complexity index is 1670. The maximum atomic E-state index is 13.0. The maximum Gasteiger partial charge on any atom is 0.472 e. The first-order valence-electron chi connectivity index (χ1n) is 32.5. The van der Waals surface area contributed by atoms with E-state index in [1.807, 2.05) is 6.08 Å². The molecule has 0 aromatic heterocycles. The fourth-order valence-corrected chi connectivity index (χ4v) is 9.64. The predicted octanol–water partition coefficient (Wildman–Crippen LogP) is 19.8. The van der Waals surface area contributed by atoms with Crippen LogP contribution in [-0.2, 0) is 42.2 Å². The Balaban J connectivity index is 4.75. The number of carbonyl (C=O) groups excluding carboxylic acids is 3. The second-order valence-corrected chi connectivity index (χ2v) is 23.0. The van der Waals surface area contributed by atoms with Crippen molar-refractivity contribution in [1.29, 1.82) is 0 Å². The van der Waals surface area contributed by atoms with Crippen LogP contribution in [0.4, 0.5) is 0 Å². The lowest BCUT2D eigenvalue weighted by Crippen LogP contribution is -2.30. The van der Waals surface area contributed by atoms with E-state index >= 15 is 0 Å². The van der Waals surface area contributed by atoms with Crippen LogP contribution in [0.5, 0.6) is 0 Å². The first-order chi connectivity index (χ1) is 39.2. The summed E-state index contributed by atoms with van der Waals surface area (Å²) in [5, 5.41) is 9.85. The van der Waals surface area contributed by atoms with Gasteiger partial charge in [0.2, 0.25) is 0 Å². The molecule has 0 rings (SSSR count). The number of phosphoric ester groups is 1. The molecule has 0 aliphatic carbocycles. The molecule has 0 bridgehead atoms. The third-order valence-electron chi connectivity index (χ3n) is 13.8. The molecular weight excluding hydrogens is 1020 g/mol. The molecule has 462 valence electrons. The summed E-state index contributed by atoms with van der Waals surface area (Å²) in [6.07, 6.45) is 72.6. The molecule has 0 aliphatic rings. The predicted molar refractivity (Wildman–Crippen MR) is 334 cm³/mol. The van der Waals surface area contributed by atoms with Gasteiger partial charge < -0.3 is 24.2 Å². The van der Waals surface area contributed by atoms with Gasteiger partial charge in [0, 0.05) is 19.3 Å². The topological polar surface area (TPSA) is 155 Å². The van der Waals surface area contributed by atoms with Gasteiger partial charge in [-0.15, -0.1) is 0 Å². The van der Waals surface area contributed by atoms with Crippen LogP contribution < -0.4 is 0 Å². The number of phosphoric acid groups is 1. The van der Waals surface area contributed by atoms with Crippen molar-refractivity contribution in [3.8, 4) is 0 Å². The Labute approximate surface area is 490 Å². The van der Waals surface area contributed by atoms with Gasteiger partial charge in [-0.3, -0.25) is 23.4 Å². The Morgan fingerprint density at radius 3 is 1.06 bits per heavy atom. The third-order valence-corrected chi connectivity index (χ3v) is 14.7. The van der Waals surface area contributed by atoms with E-state index in [0.29, 0.717) is 25.7 Å². The molecule has 0 aliphatic heterocycles. The Kier molecular flexibility index (Phi) is 59.1.